The summed E-state index contributed by atoms with van der Waals surface area (Å²) in [5, 5.41) is 0. The van der Waals surface area contributed by atoms with Gasteiger partial charge in [0.15, 0.2) is 34.8 Å². The highest BCUT2D eigenvalue weighted by Crippen LogP contribution is 2.39. The Bertz CT molecular complexity index is 1130. The number of hydrogen-bond acceptors (Lipinski definition) is 7. The molecule has 4 N–H and O–H groups in total. The summed E-state index contributed by atoms with van der Waals surface area (Å²) >= 11 is 0. The molecule has 1 heterocycles. The van der Waals surface area contributed by atoms with Crippen molar-refractivity contribution in [1.82, 2.24) is 9.97 Å². The Labute approximate surface area is 180 Å². The number of methoxy groups -OCH3 is 4. The zero-order valence-electron chi connectivity index (χ0n) is 18.1. The summed E-state index contributed by atoms with van der Waals surface area (Å²) in [6.07, 6.45) is 0. The van der Waals surface area contributed by atoms with Gasteiger partial charge in [-0.3, -0.25) is 0 Å². The first-order valence-corrected chi connectivity index (χ1v) is 9.34. The number of aromatic nitrogens is 2. The highest BCUT2D eigenvalue weighted by Gasteiger charge is 2.18. The third-order valence-corrected chi connectivity index (χ3v) is 4.59. The molecule has 0 aliphatic carbocycles. The molecular weight excluding hydrogens is 398 g/mol. The van der Waals surface area contributed by atoms with E-state index in [4.69, 9.17) is 40.4 Å². The molecule has 2 aromatic carbocycles. The number of ether oxygens (including phenoxy) is 4. The Hall–Kier alpha value is -4.01. The van der Waals surface area contributed by atoms with Crippen LogP contribution in [-0.4, -0.2) is 44.4 Å². The smallest absolute Gasteiger partial charge is 0.192 e. The summed E-state index contributed by atoms with van der Waals surface area (Å²) in [6, 6.07) is 11.0. The summed E-state index contributed by atoms with van der Waals surface area (Å²) in [7, 11) is 6.31. The second-order valence-electron chi connectivity index (χ2n) is 6.51. The van der Waals surface area contributed by atoms with Gasteiger partial charge < -0.3 is 30.4 Å². The number of guanidine groups is 1. The molecule has 1 aromatic heterocycles. The standard InChI is InChI=1S/C22H25N5O4/c1-12-21(27-22(23)24)26-20(14-7-9-16(29-3)18(11-14)31-5)19(25-12)13-6-8-15(28-2)17(10-13)30-4/h6-11H,1-5H3,(H4,23,24,26,27). The molecule has 0 amide bonds. The number of aryl methyl sites for hydroxylation is 1. The molecule has 3 aromatic rings. The molecule has 0 aliphatic heterocycles. The second-order valence-corrected chi connectivity index (χ2v) is 6.51. The lowest BCUT2D eigenvalue weighted by Gasteiger charge is -2.15. The van der Waals surface area contributed by atoms with E-state index in [2.05, 4.69) is 4.99 Å². The first kappa shape index (κ1) is 21.7. The van der Waals surface area contributed by atoms with E-state index in [0.29, 0.717) is 45.9 Å². The maximum atomic E-state index is 5.58. The first-order valence-electron chi connectivity index (χ1n) is 9.34. The van der Waals surface area contributed by atoms with E-state index in [1.54, 1.807) is 41.4 Å². The minimum Gasteiger partial charge on any atom is -0.493 e. The molecule has 0 bridgehead atoms. The van der Waals surface area contributed by atoms with Gasteiger partial charge in [0.25, 0.3) is 0 Å². The van der Waals surface area contributed by atoms with E-state index in [9.17, 15) is 0 Å². The van der Waals surface area contributed by atoms with Crippen molar-refractivity contribution in [2.24, 2.45) is 16.5 Å². The molecule has 0 saturated heterocycles. The molecule has 162 valence electrons. The van der Waals surface area contributed by atoms with Crippen molar-refractivity contribution in [2.75, 3.05) is 28.4 Å². The Morgan fingerprint density at radius 2 is 1.16 bits per heavy atom. The lowest BCUT2D eigenvalue weighted by Crippen LogP contribution is -2.22. The van der Waals surface area contributed by atoms with Gasteiger partial charge in [-0.05, 0) is 43.3 Å². The normalized spacial score (nSPS) is 10.4. The van der Waals surface area contributed by atoms with Crippen LogP contribution in [0.3, 0.4) is 0 Å². The largest absolute Gasteiger partial charge is 0.493 e. The van der Waals surface area contributed by atoms with E-state index < -0.39 is 0 Å². The fourth-order valence-corrected chi connectivity index (χ4v) is 3.11. The molecule has 31 heavy (non-hydrogen) atoms. The van der Waals surface area contributed by atoms with Crippen LogP contribution in [0, 0.1) is 6.92 Å². The van der Waals surface area contributed by atoms with Gasteiger partial charge in [0, 0.05) is 11.1 Å². The van der Waals surface area contributed by atoms with Gasteiger partial charge in [-0.2, -0.15) is 4.99 Å². The fourth-order valence-electron chi connectivity index (χ4n) is 3.11. The van der Waals surface area contributed by atoms with Crippen molar-refractivity contribution in [2.45, 2.75) is 6.92 Å². The van der Waals surface area contributed by atoms with Gasteiger partial charge in [-0.25, -0.2) is 9.97 Å². The van der Waals surface area contributed by atoms with E-state index >= 15 is 0 Å². The quantitative estimate of drug-likeness (QED) is 0.438. The van der Waals surface area contributed by atoms with Crippen LogP contribution in [-0.2, 0) is 0 Å². The lowest BCUT2D eigenvalue weighted by atomic mass is 10.0. The maximum Gasteiger partial charge on any atom is 0.192 e. The third-order valence-electron chi connectivity index (χ3n) is 4.59. The average Bonchev–Trinajstić information content (AvgIpc) is 2.78. The molecule has 0 saturated carbocycles. The van der Waals surface area contributed by atoms with E-state index in [1.807, 2.05) is 30.3 Å². The van der Waals surface area contributed by atoms with Gasteiger partial charge in [0.05, 0.1) is 45.5 Å². The molecule has 0 aliphatic rings. The molecule has 9 nitrogen and oxygen atoms in total. The molecule has 0 unspecified atom stereocenters. The fraction of sp³-hybridized carbons (Fsp3) is 0.227. The van der Waals surface area contributed by atoms with E-state index in [-0.39, 0.29) is 5.96 Å². The number of nitrogens with zero attached hydrogens (tertiary/aromatic N) is 3. The summed E-state index contributed by atoms with van der Waals surface area (Å²) < 4.78 is 21.6. The molecular formula is C22H25N5O4. The number of rotatable bonds is 7. The summed E-state index contributed by atoms with van der Waals surface area (Å²) in [6.45, 7) is 1.79. The van der Waals surface area contributed by atoms with Gasteiger partial charge in [0.2, 0.25) is 0 Å². The van der Waals surface area contributed by atoms with E-state index in [1.165, 1.54) is 0 Å². The molecule has 3 rings (SSSR count). The number of nitrogens with two attached hydrogens (primary N) is 2. The van der Waals surface area contributed by atoms with Crippen LogP contribution in [0.25, 0.3) is 22.5 Å². The van der Waals surface area contributed by atoms with Crippen molar-refractivity contribution in [3.63, 3.8) is 0 Å². The Morgan fingerprint density at radius 3 is 1.58 bits per heavy atom. The average molecular weight is 423 g/mol. The molecule has 0 atom stereocenters. The maximum absolute atomic E-state index is 5.58. The molecule has 0 spiro atoms. The Kier molecular flexibility index (Phi) is 6.44. The van der Waals surface area contributed by atoms with Crippen molar-refractivity contribution in [3.05, 3.63) is 42.1 Å². The summed E-state index contributed by atoms with van der Waals surface area (Å²) in [4.78, 5) is 13.6. The number of benzene rings is 2. The van der Waals surface area contributed by atoms with Crippen molar-refractivity contribution in [1.29, 1.82) is 0 Å². The van der Waals surface area contributed by atoms with Crippen molar-refractivity contribution in [3.8, 4) is 45.5 Å². The van der Waals surface area contributed by atoms with Crippen molar-refractivity contribution >= 4 is 11.8 Å². The van der Waals surface area contributed by atoms with E-state index in [0.717, 1.165) is 11.1 Å². The van der Waals surface area contributed by atoms with Gasteiger partial charge >= 0.3 is 0 Å². The Balaban J connectivity index is 2.29. The predicted molar refractivity (Wildman–Crippen MR) is 119 cm³/mol. The Morgan fingerprint density at radius 1 is 0.710 bits per heavy atom. The predicted octanol–water partition coefficient (Wildman–Crippen LogP) is 3.06. The second kappa shape index (κ2) is 9.21. The molecule has 9 heteroatoms. The molecule has 0 fully saturated rings. The van der Waals surface area contributed by atoms with Crippen LogP contribution >= 0.6 is 0 Å². The summed E-state index contributed by atoms with van der Waals surface area (Å²) in [5.41, 5.74) is 14.5. The monoisotopic (exact) mass is 423 g/mol. The topological polar surface area (TPSA) is 127 Å². The SMILES string of the molecule is COc1ccc(-c2nc(C)c(N=C(N)N)nc2-c2ccc(OC)c(OC)c2)cc1OC. The van der Waals surface area contributed by atoms with Gasteiger partial charge in [0.1, 0.15) is 0 Å². The zero-order chi connectivity index (χ0) is 22.5. The summed E-state index contributed by atoms with van der Waals surface area (Å²) in [5.74, 6) is 2.57. The minimum absolute atomic E-state index is 0.102. The highest BCUT2D eigenvalue weighted by atomic mass is 16.5. The van der Waals surface area contributed by atoms with Crippen LogP contribution in [0.5, 0.6) is 23.0 Å². The van der Waals surface area contributed by atoms with Crippen molar-refractivity contribution < 1.29 is 18.9 Å². The first-order chi connectivity index (χ1) is 14.9. The van der Waals surface area contributed by atoms with Gasteiger partial charge in [-0.15, -0.1) is 0 Å². The van der Waals surface area contributed by atoms with Gasteiger partial charge in [-0.1, -0.05) is 0 Å². The van der Waals surface area contributed by atoms with Crippen LogP contribution in [0.4, 0.5) is 5.82 Å². The van der Waals surface area contributed by atoms with Crippen LogP contribution in [0.15, 0.2) is 41.4 Å². The minimum atomic E-state index is -0.102. The van der Waals surface area contributed by atoms with Crippen LogP contribution in [0.2, 0.25) is 0 Å². The number of hydrogen-bond donors (Lipinski definition) is 2. The van der Waals surface area contributed by atoms with Crippen LogP contribution in [0.1, 0.15) is 5.69 Å². The van der Waals surface area contributed by atoms with Crippen LogP contribution < -0.4 is 30.4 Å². The zero-order valence-corrected chi connectivity index (χ0v) is 18.1. The number of aliphatic imine (C=N–C) groups is 1. The lowest BCUT2D eigenvalue weighted by molar-refractivity contribution is 0.355. The third kappa shape index (κ3) is 4.45. The highest BCUT2D eigenvalue weighted by molar-refractivity contribution is 5.83. The molecule has 0 radical (unpaired) electrons.